The zero-order valence-corrected chi connectivity index (χ0v) is 12.5. The molecule has 3 heteroatoms. The maximum atomic E-state index is 6.04. The second kappa shape index (κ2) is 5.10. The number of hydrogen-bond donors (Lipinski definition) is 1. The van der Waals surface area contributed by atoms with E-state index < -0.39 is 0 Å². The minimum atomic E-state index is 0.289. The van der Waals surface area contributed by atoms with Gasteiger partial charge in [-0.25, -0.2) is 0 Å². The van der Waals surface area contributed by atoms with Crippen molar-refractivity contribution in [3.8, 4) is 0 Å². The van der Waals surface area contributed by atoms with Crippen LogP contribution in [0.25, 0.3) is 0 Å². The molecule has 18 heavy (non-hydrogen) atoms. The van der Waals surface area contributed by atoms with Crippen LogP contribution in [0.5, 0.6) is 0 Å². The molecular formula is C15H23ClN2. The summed E-state index contributed by atoms with van der Waals surface area (Å²) in [5.74, 6) is 0. The Balaban J connectivity index is 2.29. The molecule has 100 valence electrons. The molecule has 1 aromatic rings. The Hall–Kier alpha value is -0.730. The summed E-state index contributed by atoms with van der Waals surface area (Å²) in [7, 11) is 0. The van der Waals surface area contributed by atoms with Crippen molar-refractivity contribution in [2.75, 3.05) is 24.5 Å². The highest BCUT2D eigenvalue weighted by molar-refractivity contribution is 6.30. The molecule has 0 aromatic heterocycles. The van der Waals surface area contributed by atoms with Gasteiger partial charge in [-0.1, -0.05) is 25.4 Å². The molecule has 1 atom stereocenters. The van der Waals surface area contributed by atoms with Crippen LogP contribution in [0.3, 0.4) is 0 Å². The first-order chi connectivity index (χ1) is 8.37. The van der Waals surface area contributed by atoms with Gasteiger partial charge in [-0.15, -0.1) is 0 Å². The van der Waals surface area contributed by atoms with Crippen LogP contribution >= 0.6 is 11.6 Å². The van der Waals surface area contributed by atoms with Gasteiger partial charge in [0.15, 0.2) is 0 Å². The minimum absolute atomic E-state index is 0.289. The van der Waals surface area contributed by atoms with Crippen LogP contribution in [-0.4, -0.2) is 25.7 Å². The summed E-state index contributed by atoms with van der Waals surface area (Å²) in [6, 6.07) is 6.69. The highest BCUT2D eigenvalue weighted by atomic mass is 35.5. The Morgan fingerprint density at radius 1 is 1.39 bits per heavy atom. The quantitative estimate of drug-likeness (QED) is 0.837. The van der Waals surface area contributed by atoms with Crippen LogP contribution < -0.4 is 10.2 Å². The molecule has 0 radical (unpaired) electrons. The van der Waals surface area contributed by atoms with E-state index in [0.29, 0.717) is 6.04 Å². The minimum Gasteiger partial charge on any atom is -0.369 e. The van der Waals surface area contributed by atoms with E-state index in [4.69, 9.17) is 11.6 Å². The monoisotopic (exact) mass is 266 g/mol. The lowest BCUT2D eigenvalue weighted by molar-refractivity contribution is 0.362. The van der Waals surface area contributed by atoms with Crippen LogP contribution in [0.15, 0.2) is 18.2 Å². The third kappa shape index (κ3) is 3.18. The predicted molar refractivity (Wildman–Crippen MR) is 79.6 cm³/mol. The van der Waals surface area contributed by atoms with E-state index >= 15 is 0 Å². The fourth-order valence-corrected chi connectivity index (χ4v) is 2.87. The van der Waals surface area contributed by atoms with Crippen molar-refractivity contribution < 1.29 is 0 Å². The van der Waals surface area contributed by atoms with E-state index in [9.17, 15) is 0 Å². The van der Waals surface area contributed by atoms with Crippen molar-refractivity contribution in [3.63, 3.8) is 0 Å². The van der Waals surface area contributed by atoms with Gasteiger partial charge in [0, 0.05) is 36.4 Å². The molecular weight excluding hydrogens is 244 g/mol. The van der Waals surface area contributed by atoms with Gasteiger partial charge in [-0.3, -0.25) is 0 Å². The molecule has 1 heterocycles. The van der Waals surface area contributed by atoms with E-state index in [1.807, 2.05) is 12.1 Å². The first-order valence-electron chi connectivity index (χ1n) is 6.62. The van der Waals surface area contributed by atoms with Crippen molar-refractivity contribution in [1.82, 2.24) is 5.32 Å². The average Bonchev–Trinajstić information content (AvgIpc) is 2.37. The van der Waals surface area contributed by atoms with Crippen molar-refractivity contribution in [1.29, 1.82) is 0 Å². The molecule has 2 rings (SSSR count). The predicted octanol–water partition coefficient (Wildman–Crippen LogP) is 3.47. The third-order valence-electron chi connectivity index (χ3n) is 3.54. The standard InChI is InChI=1S/C15H23ClN2/c1-11-7-13(16)5-6-14(11)18-8-12(2)17-9-15(3,4)10-18/h5-7,12,17H,8-10H2,1-4H3. The Kier molecular flexibility index (Phi) is 3.88. The van der Waals surface area contributed by atoms with Crippen molar-refractivity contribution >= 4 is 17.3 Å². The molecule has 1 aromatic carbocycles. The van der Waals surface area contributed by atoms with Gasteiger partial charge in [-0.2, -0.15) is 0 Å². The first-order valence-corrected chi connectivity index (χ1v) is 7.00. The lowest BCUT2D eigenvalue weighted by Crippen LogP contribution is -2.36. The molecule has 1 N–H and O–H groups in total. The number of nitrogens with one attached hydrogen (secondary N) is 1. The summed E-state index contributed by atoms with van der Waals surface area (Å²) >= 11 is 6.04. The molecule has 0 bridgehead atoms. The van der Waals surface area contributed by atoms with Crippen molar-refractivity contribution in [2.45, 2.75) is 33.7 Å². The lowest BCUT2D eigenvalue weighted by atomic mass is 9.93. The smallest absolute Gasteiger partial charge is 0.0410 e. The third-order valence-corrected chi connectivity index (χ3v) is 3.78. The molecule has 1 fully saturated rings. The van der Waals surface area contributed by atoms with E-state index in [-0.39, 0.29) is 5.41 Å². The SMILES string of the molecule is Cc1cc(Cl)ccc1N1CC(C)NCC(C)(C)C1. The molecule has 0 amide bonds. The van der Waals surface area contributed by atoms with Crippen LogP contribution in [0.4, 0.5) is 5.69 Å². The maximum absolute atomic E-state index is 6.04. The number of rotatable bonds is 1. The lowest BCUT2D eigenvalue weighted by Gasteiger charge is -2.32. The Labute approximate surface area is 115 Å². The van der Waals surface area contributed by atoms with Gasteiger partial charge in [0.2, 0.25) is 0 Å². The van der Waals surface area contributed by atoms with Gasteiger partial charge in [0.25, 0.3) is 0 Å². The number of anilines is 1. The van der Waals surface area contributed by atoms with Gasteiger partial charge < -0.3 is 10.2 Å². The van der Waals surface area contributed by atoms with Crippen LogP contribution in [0.1, 0.15) is 26.3 Å². The van der Waals surface area contributed by atoms with Crippen LogP contribution in [0.2, 0.25) is 5.02 Å². The van der Waals surface area contributed by atoms with Gasteiger partial charge >= 0.3 is 0 Å². The number of aryl methyl sites for hydroxylation is 1. The van der Waals surface area contributed by atoms with Gasteiger partial charge in [-0.05, 0) is 43.0 Å². The second-order valence-electron chi connectivity index (χ2n) is 6.26. The average molecular weight is 267 g/mol. The fraction of sp³-hybridized carbons (Fsp3) is 0.600. The fourth-order valence-electron chi connectivity index (χ4n) is 2.64. The molecule has 1 unspecified atom stereocenters. The molecule has 1 aliphatic heterocycles. The number of benzene rings is 1. The molecule has 1 saturated heterocycles. The number of halogens is 1. The highest BCUT2D eigenvalue weighted by Crippen LogP contribution is 2.28. The maximum Gasteiger partial charge on any atom is 0.0410 e. The Morgan fingerprint density at radius 3 is 2.78 bits per heavy atom. The van der Waals surface area contributed by atoms with Gasteiger partial charge in [0.05, 0.1) is 0 Å². The zero-order chi connectivity index (χ0) is 13.3. The molecule has 0 aliphatic carbocycles. The van der Waals surface area contributed by atoms with Crippen molar-refractivity contribution in [2.24, 2.45) is 5.41 Å². The van der Waals surface area contributed by atoms with E-state index in [1.165, 1.54) is 11.3 Å². The molecule has 0 saturated carbocycles. The van der Waals surface area contributed by atoms with Gasteiger partial charge in [0.1, 0.15) is 0 Å². The Bertz CT molecular complexity index is 429. The van der Waals surface area contributed by atoms with E-state index in [0.717, 1.165) is 24.7 Å². The van der Waals surface area contributed by atoms with E-state index in [2.05, 4.69) is 44.0 Å². The van der Waals surface area contributed by atoms with Crippen LogP contribution in [-0.2, 0) is 0 Å². The Morgan fingerprint density at radius 2 is 2.11 bits per heavy atom. The molecule has 0 spiro atoms. The summed E-state index contributed by atoms with van der Waals surface area (Å²) in [5.41, 5.74) is 2.85. The number of hydrogen-bond acceptors (Lipinski definition) is 2. The number of nitrogens with zero attached hydrogens (tertiary/aromatic N) is 1. The summed E-state index contributed by atoms with van der Waals surface area (Å²) in [5, 5.41) is 4.41. The first kappa shape index (κ1) is 13.7. The second-order valence-corrected chi connectivity index (χ2v) is 6.69. The normalized spacial score (nSPS) is 23.8. The molecule has 1 aliphatic rings. The largest absolute Gasteiger partial charge is 0.369 e. The van der Waals surface area contributed by atoms with Crippen LogP contribution in [0, 0.1) is 12.3 Å². The summed E-state index contributed by atoms with van der Waals surface area (Å²) in [6.45, 7) is 12.2. The zero-order valence-electron chi connectivity index (χ0n) is 11.8. The molecule has 2 nitrogen and oxygen atoms in total. The topological polar surface area (TPSA) is 15.3 Å². The summed E-state index contributed by atoms with van der Waals surface area (Å²) in [6.07, 6.45) is 0. The summed E-state index contributed by atoms with van der Waals surface area (Å²) in [4.78, 5) is 2.48. The highest BCUT2D eigenvalue weighted by Gasteiger charge is 2.27. The van der Waals surface area contributed by atoms with Crippen molar-refractivity contribution in [3.05, 3.63) is 28.8 Å². The van der Waals surface area contributed by atoms with E-state index in [1.54, 1.807) is 0 Å². The summed E-state index contributed by atoms with van der Waals surface area (Å²) < 4.78 is 0.